The van der Waals surface area contributed by atoms with Gasteiger partial charge in [0, 0.05) is 31.2 Å². The first-order valence-electron chi connectivity index (χ1n) is 9.07. The Bertz CT molecular complexity index is 1160. The zero-order valence-electron chi connectivity index (χ0n) is 15.5. The molecule has 9 heteroatoms. The van der Waals surface area contributed by atoms with E-state index in [1.54, 1.807) is 47.3 Å². The Morgan fingerprint density at radius 2 is 1.90 bits per heavy atom. The summed E-state index contributed by atoms with van der Waals surface area (Å²) in [5.74, 6) is -0.408. The fourth-order valence-corrected chi connectivity index (χ4v) is 3.15. The molecular weight excluding hydrogens is 395 g/mol. The van der Waals surface area contributed by atoms with Crippen LogP contribution in [-0.2, 0) is 6.42 Å². The first-order chi connectivity index (χ1) is 14.4. The molecule has 6 nitrogen and oxygen atoms in total. The largest absolute Gasteiger partial charge is 0.414 e. The molecule has 0 fully saturated rings. The third-order valence-corrected chi connectivity index (χ3v) is 4.51. The third kappa shape index (κ3) is 4.00. The molecule has 0 aliphatic rings. The summed E-state index contributed by atoms with van der Waals surface area (Å²) in [6.07, 6.45) is 1.93. The number of carbonyl (C=O) groups excluding carboxylic acids is 1. The normalized spacial score (nSPS) is 12.6. The predicted molar refractivity (Wildman–Crippen MR) is 103 cm³/mol. The van der Waals surface area contributed by atoms with Crippen molar-refractivity contribution in [2.24, 2.45) is 0 Å². The Hall–Kier alpha value is -3.75. The van der Waals surface area contributed by atoms with Gasteiger partial charge in [-0.2, -0.15) is 13.2 Å². The van der Waals surface area contributed by atoms with Crippen LogP contribution in [0.15, 0.2) is 73.3 Å². The van der Waals surface area contributed by atoms with Gasteiger partial charge in [-0.3, -0.25) is 14.8 Å². The van der Waals surface area contributed by atoms with E-state index in [2.05, 4.69) is 15.0 Å². The summed E-state index contributed by atoms with van der Waals surface area (Å²) in [5.41, 5.74) is 0.898. The van der Waals surface area contributed by atoms with Crippen molar-refractivity contribution in [1.82, 2.24) is 24.7 Å². The summed E-state index contributed by atoms with van der Waals surface area (Å²) in [6.45, 7) is 0. The van der Waals surface area contributed by atoms with Gasteiger partial charge in [-0.1, -0.05) is 18.2 Å². The quantitative estimate of drug-likeness (QED) is 0.543. The number of hydrogen-bond donors (Lipinski definition) is 1. The molecule has 0 saturated carbocycles. The van der Waals surface area contributed by atoms with Gasteiger partial charge in [0.25, 0.3) is 5.91 Å². The third-order valence-electron chi connectivity index (χ3n) is 4.51. The first kappa shape index (κ1) is 19.6. The zero-order chi connectivity index (χ0) is 21.1. The van der Waals surface area contributed by atoms with Gasteiger partial charge < -0.3 is 9.72 Å². The molecule has 1 unspecified atom stereocenters. The molecule has 0 saturated heterocycles. The van der Waals surface area contributed by atoms with Gasteiger partial charge in [0.1, 0.15) is 5.82 Å². The van der Waals surface area contributed by atoms with Crippen LogP contribution in [0.3, 0.4) is 0 Å². The van der Waals surface area contributed by atoms with Crippen molar-refractivity contribution in [3.8, 4) is 0 Å². The molecule has 0 bridgehead atoms. The Balaban J connectivity index is 1.69. The summed E-state index contributed by atoms with van der Waals surface area (Å²) in [5, 5.41) is 2.04. The Kier molecular flexibility index (Phi) is 5.18. The van der Waals surface area contributed by atoms with Crippen molar-refractivity contribution in [2.45, 2.75) is 18.6 Å². The molecule has 0 aliphatic heterocycles. The van der Waals surface area contributed by atoms with Crippen LogP contribution in [0.5, 0.6) is 0 Å². The van der Waals surface area contributed by atoms with Crippen LogP contribution in [0, 0.1) is 0 Å². The van der Waals surface area contributed by atoms with Crippen LogP contribution in [0.4, 0.5) is 13.2 Å². The Labute approximate surface area is 169 Å². The van der Waals surface area contributed by atoms with E-state index in [0.717, 1.165) is 5.56 Å². The maximum absolute atomic E-state index is 13.6. The molecule has 152 valence electrons. The van der Waals surface area contributed by atoms with E-state index in [1.807, 2.05) is 11.4 Å². The van der Waals surface area contributed by atoms with Crippen LogP contribution in [0.1, 0.15) is 33.6 Å². The number of nitrogens with zero attached hydrogens (tertiary/aromatic N) is 4. The minimum absolute atomic E-state index is 0.0836. The summed E-state index contributed by atoms with van der Waals surface area (Å²) < 4.78 is 42.5. The van der Waals surface area contributed by atoms with Crippen LogP contribution < -0.4 is 5.32 Å². The SMILES string of the molecule is O=C(NC(c1ccccn1)C(F)(F)F)c1nc(Cc2cccnc2)n2ccccc12. The molecule has 1 N–H and O–H groups in total. The van der Waals surface area contributed by atoms with Crippen molar-refractivity contribution in [3.05, 3.63) is 96.1 Å². The number of imidazole rings is 1. The van der Waals surface area contributed by atoms with E-state index in [1.165, 1.54) is 24.4 Å². The molecule has 30 heavy (non-hydrogen) atoms. The Morgan fingerprint density at radius 3 is 2.60 bits per heavy atom. The van der Waals surface area contributed by atoms with Crippen molar-refractivity contribution >= 4 is 11.4 Å². The number of rotatable bonds is 5. The predicted octanol–water partition coefficient (Wildman–Crippen LogP) is 3.75. The minimum atomic E-state index is -4.71. The summed E-state index contributed by atoms with van der Waals surface area (Å²) in [6, 6.07) is 10.6. The van der Waals surface area contributed by atoms with E-state index >= 15 is 0 Å². The van der Waals surface area contributed by atoms with E-state index in [9.17, 15) is 18.0 Å². The number of fused-ring (bicyclic) bond motifs is 1. The van der Waals surface area contributed by atoms with Gasteiger partial charge >= 0.3 is 6.18 Å². The lowest BCUT2D eigenvalue weighted by molar-refractivity contribution is -0.156. The van der Waals surface area contributed by atoms with E-state index < -0.39 is 18.1 Å². The molecule has 0 radical (unpaired) electrons. The molecule has 1 atom stereocenters. The smallest absolute Gasteiger partial charge is 0.334 e. The highest BCUT2D eigenvalue weighted by atomic mass is 19.4. The van der Waals surface area contributed by atoms with Gasteiger partial charge in [-0.15, -0.1) is 0 Å². The van der Waals surface area contributed by atoms with Gasteiger partial charge in [0.15, 0.2) is 11.7 Å². The van der Waals surface area contributed by atoms with Gasteiger partial charge in [-0.05, 0) is 35.9 Å². The lowest BCUT2D eigenvalue weighted by atomic mass is 10.1. The van der Waals surface area contributed by atoms with Crippen LogP contribution in [0.25, 0.3) is 5.52 Å². The molecule has 4 heterocycles. The summed E-state index contributed by atoms with van der Waals surface area (Å²) >= 11 is 0. The van der Waals surface area contributed by atoms with Crippen LogP contribution in [0.2, 0.25) is 0 Å². The minimum Gasteiger partial charge on any atom is -0.334 e. The average molecular weight is 411 g/mol. The lowest BCUT2D eigenvalue weighted by Gasteiger charge is -2.20. The van der Waals surface area contributed by atoms with E-state index in [4.69, 9.17) is 0 Å². The first-order valence-corrected chi connectivity index (χ1v) is 9.07. The number of amides is 1. The maximum atomic E-state index is 13.6. The second kappa shape index (κ2) is 7.94. The molecule has 4 rings (SSSR count). The number of alkyl halides is 3. The summed E-state index contributed by atoms with van der Waals surface area (Å²) in [7, 11) is 0. The fraction of sp³-hybridized carbons (Fsp3) is 0.143. The monoisotopic (exact) mass is 411 g/mol. The number of carbonyl (C=O) groups is 1. The highest BCUT2D eigenvalue weighted by molar-refractivity contribution is 5.99. The molecule has 0 aromatic carbocycles. The van der Waals surface area contributed by atoms with Crippen LogP contribution in [-0.4, -0.2) is 31.4 Å². The Morgan fingerprint density at radius 1 is 1.07 bits per heavy atom. The second-order valence-corrected chi connectivity index (χ2v) is 6.57. The molecule has 4 aromatic heterocycles. The van der Waals surface area contributed by atoms with Crippen molar-refractivity contribution < 1.29 is 18.0 Å². The molecule has 4 aromatic rings. The molecule has 1 amide bonds. The second-order valence-electron chi connectivity index (χ2n) is 6.57. The topological polar surface area (TPSA) is 72.2 Å². The highest BCUT2D eigenvalue weighted by Crippen LogP contribution is 2.32. The van der Waals surface area contributed by atoms with Gasteiger partial charge in [-0.25, -0.2) is 4.98 Å². The van der Waals surface area contributed by atoms with Crippen molar-refractivity contribution in [3.63, 3.8) is 0 Å². The summed E-state index contributed by atoms with van der Waals surface area (Å²) in [4.78, 5) is 25.0. The van der Waals surface area contributed by atoms with Gasteiger partial charge in [0.2, 0.25) is 0 Å². The number of aromatic nitrogens is 4. The fourth-order valence-electron chi connectivity index (χ4n) is 3.15. The number of hydrogen-bond acceptors (Lipinski definition) is 4. The van der Waals surface area contributed by atoms with Crippen molar-refractivity contribution in [1.29, 1.82) is 0 Å². The zero-order valence-corrected chi connectivity index (χ0v) is 15.5. The molecule has 0 aliphatic carbocycles. The number of pyridine rings is 3. The van der Waals surface area contributed by atoms with Crippen LogP contribution >= 0.6 is 0 Å². The number of halogens is 3. The average Bonchev–Trinajstić information content (AvgIpc) is 3.11. The van der Waals surface area contributed by atoms with Crippen molar-refractivity contribution in [2.75, 3.05) is 0 Å². The van der Waals surface area contributed by atoms with E-state index in [-0.39, 0.29) is 11.4 Å². The molecule has 0 spiro atoms. The van der Waals surface area contributed by atoms with E-state index in [0.29, 0.717) is 17.8 Å². The molecular formula is C21H16F3N5O. The highest BCUT2D eigenvalue weighted by Gasteiger charge is 2.43. The standard InChI is InChI=1S/C21H16F3N5O/c22-21(23,24)19(15-7-1-3-10-26-15)28-20(30)18-16-8-2-4-11-29(16)17(27-18)12-14-6-5-9-25-13-14/h1-11,13,19H,12H2,(H,28,30). The number of nitrogens with one attached hydrogen (secondary N) is 1. The lowest BCUT2D eigenvalue weighted by Crippen LogP contribution is -2.38. The van der Waals surface area contributed by atoms with Gasteiger partial charge in [0.05, 0.1) is 11.2 Å². The maximum Gasteiger partial charge on any atom is 0.414 e.